The van der Waals surface area contributed by atoms with Crippen LogP contribution >= 0.6 is 0 Å². The maximum Gasteiger partial charge on any atom is 0.408 e. The molecule has 0 saturated heterocycles. The maximum atomic E-state index is 12.2. The van der Waals surface area contributed by atoms with Crippen molar-refractivity contribution in [2.45, 2.75) is 71.6 Å². The second-order valence-electron chi connectivity index (χ2n) is 8.52. The Labute approximate surface area is 152 Å². The van der Waals surface area contributed by atoms with Gasteiger partial charge in [0.05, 0.1) is 6.04 Å². The van der Waals surface area contributed by atoms with Crippen molar-refractivity contribution >= 4 is 6.09 Å². The van der Waals surface area contributed by atoms with Gasteiger partial charge in [0.2, 0.25) is 0 Å². The van der Waals surface area contributed by atoms with Gasteiger partial charge in [-0.2, -0.15) is 0 Å². The quantitative estimate of drug-likeness (QED) is 0.815. The summed E-state index contributed by atoms with van der Waals surface area (Å²) in [6, 6.07) is 10.5. The van der Waals surface area contributed by atoms with Gasteiger partial charge in [-0.05, 0) is 51.0 Å². The number of hydrogen-bond acceptors (Lipinski definition) is 3. The summed E-state index contributed by atoms with van der Waals surface area (Å²) in [6.45, 7) is 11.0. The van der Waals surface area contributed by atoms with Crippen molar-refractivity contribution in [1.82, 2.24) is 10.6 Å². The molecule has 2 rings (SSSR count). The molecule has 1 aliphatic rings. The van der Waals surface area contributed by atoms with E-state index in [0.717, 1.165) is 11.5 Å². The number of rotatable bonds is 5. The highest BCUT2D eigenvalue weighted by Gasteiger charge is 2.27. The fourth-order valence-electron chi connectivity index (χ4n) is 3.47. The van der Waals surface area contributed by atoms with Crippen LogP contribution in [-0.2, 0) is 4.74 Å². The van der Waals surface area contributed by atoms with E-state index < -0.39 is 5.60 Å². The molecule has 0 heterocycles. The predicted molar refractivity (Wildman–Crippen MR) is 103 cm³/mol. The largest absolute Gasteiger partial charge is 0.444 e. The Morgan fingerprint density at radius 3 is 2.52 bits per heavy atom. The van der Waals surface area contributed by atoms with Crippen LogP contribution in [-0.4, -0.2) is 24.3 Å². The van der Waals surface area contributed by atoms with Gasteiger partial charge in [-0.1, -0.05) is 50.6 Å². The molecule has 2 N–H and O–H groups in total. The van der Waals surface area contributed by atoms with Crippen molar-refractivity contribution in [1.29, 1.82) is 0 Å². The van der Waals surface area contributed by atoms with Crippen LogP contribution in [0.15, 0.2) is 30.3 Å². The summed E-state index contributed by atoms with van der Waals surface area (Å²) in [6.07, 6.45) is 3.43. The molecule has 4 atom stereocenters. The van der Waals surface area contributed by atoms with E-state index in [1.807, 2.05) is 39.0 Å². The summed E-state index contributed by atoms with van der Waals surface area (Å²) >= 11 is 0. The zero-order valence-corrected chi connectivity index (χ0v) is 16.3. The normalized spacial score (nSPS) is 25.2. The SMILES string of the molecule is CC1CCC(C)C(NCC(NC(=O)OC(C)(C)C)c2ccccc2)C1. The first-order chi connectivity index (χ1) is 11.7. The Balaban J connectivity index is 2.01. The maximum absolute atomic E-state index is 12.2. The number of amides is 1. The van der Waals surface area contributed by atoms with E-state index in [1.165, 1.54) is 19.3 Å². The van der Waals surface area contributed by atoms with Crippen LogP contribution in [0.2, 0.25) is 0 Å². The van der Waals surface area contributed by atoms with E-state index in [-0.39, 0.29) is 12.1 Å². The highest BCUT2D eigenvalue weighted by atomic mass is 16.6. The Kier molecular flexibility index (Phi) is 6.88. The first-order valence-electron chi connectivity index (χ1n) is 9.52. The summed E-state index contributed by atoms with van der Waals surface area (Å²) in [4.78, 5) is 12.2. The molecule has 0 radical (unpaired) electrons. The molecular weight excluding hydrogens is 312 g/mol. The first kappa shape index (κ1) is 19.8. The van der Waals surface area contributed by atoms with Gasteiger partial charge in [0, 0.05) is 12.6 Å². The molecule has 1 saturated carbocycles. The molecule has 0 bridgehead atoms. The van der Waals surface area contributed by atoms with E-state index in [0.29, 0.717) is 18.5 Å². The summed E-state index contributed by atoms with van der Waals surface area (Å²) in [5.74, 6) is 1.44. The van der Waals surface area contributed by atoms with Gasteiger partial charge >= 0.3 is 6.09 Å². The average Bonchev–Trinajstić information content (AvgIpc) is 2.53. The zero-order chi connectivity index (χ0) is 18.4. The number of nitrogens with one attached hydrogen (secondary N) is 2. The number of carbonyl (C=O) groups is 1. The number of alkyl carbamates (subject to hydrolysis) is 1. The second kappa shape index (κ2) is 8.70. The van der Waals surface area contributed by atoms with E-state index in [2.05, 4.69) is 36.6 Å². The van der Waals surface area contributed by atoms with Crippen molar-refractivity contribution in [2.75, 3.05) is 6.54 Å². The minimum Gasteiger partial charge on any atom is -0.444 e. The molecule has 1 aromatic rings. The predicted octanol–water partition coefficient (Wildman–Crippen LogP) is 4.67. The van der Waals surface area contributed by atoms with E-state index >= 15 is 0 Å². The minimum atomic E-state index is -0.494. The lowest BCUT2D eigenvalue weighted by Gasteiger charge is -2.34. The van der Waals surface area contributed by atoms with Crippen LogP contribution < -0.4 is 10.6 Å². The molecule has 4 unspecified atom stereocenters. The highest BCUT2D eigenvalue weighted by molar-refractivity contribution is 5.68. The summed E-state index contributed by atoms with van der Waals surface area (Å²) < 4.78 is 5.44. The van der Waals surface area contributed by atoms with E-state index in [1.54, 1.807) is 0 Å². The van der Waals surface area contributed by atoms with E-state index in [9.17, 15) is 4.79 Å². The van der Waals surface area contributed by atoms with Crippen molar-refractivity contribution in [2.24, 2.45) is 11.8 Å². The highest BCUT2D eigenvalue weighted by Crippen LogP contribution is 2.28. The number of benzene rings is 1. The van der Waals surface area contributed by atoms with Gasteiger partial charge in [0.25, 0.3) is 0 Å². The van der Waals surface area contributed by atoms with Gasteiger partial charge < -0.3 is 15.4 Å². The molecule has 1 aromatic carbocycles. The molecule has 25 heavy (non-hydrogen) atoms. The Bertz CT molecular complexity index is 539. The fourth-order valence-corrected chi connectivity index (χ4v) is 3.47. The number of hydrogen-bond donors (Lipinski definition) is 2. The number of ether oxygens (including phenoxy) is 1. The molecule has 1 amide bonds. The fraction of sp³-hybridized carbons (Fsp3) is 0.667. The van der Waals surface area contributed by atoms with Crippen LogP contribution in [0.25, 0.3) is 0 Å². The molecule has 4 heteroatoms. The summed E-state index contributed by atoms with van der Waals surface area (Å²) in [5.41, 5.74) is 0.601. The zero-order valence-electron chi connectivity index (χ0n) is 16.3. The smallest absolute Gasteiger partial charge is 0.408 e. The lowest BCUT2D eigenvalue weighted by molar-refractivity contribution is 0.0500. The summed E-state index contributed by atoms with van der Waals surface area (Å²) in [7, 11) is 0. The van der Waals surface area contributed by atoms with Crippen LogP contribution in [0.5, 0.6) is 0 Å². The van der Waals surface area contributed by atoms with E-state index in [4.69, 9.17) is 4.74 Å². The topological polar surface area (TPSA) is 50.4 Å². The third-order valence-electron chi connectivity index (χ3n) is 4.94. The molecular formula is C21H34N2O2. The van der Waals surface area contributed by atoms with Crippen LogP contribution in [0, 0.1) is 11.8 Å². The third kappa shape index (κ3) is 6.69. The molecule has 0 spiro atoms. The second-order valence-corrected chi connectivity index (χ2v) is 8.52. The lowest BCUT2D eigenvalue weighted by atomic mass is 9.80. The summed E-state index contributed by atoms with van der Waals surface area (Å²) in [5, 5.41) is 6.73. The van der Waals surface area contributed by atoms with Crippen molar-refractivity contribution in [3.8, 4) is 0 Å². The standard InChI is InChI=1S/C21H34N2O2/c1-15-11-12-16(2)18(13-15)22-14-19(17-9-7-6-8-10-17)23-20(24)25-21(3,4)5/h6-10,15-16,18-19,22H,11-14H2,1-5H3,(H,23,24). The third-order valence-corrected chi connectivity index (χ3v) is 4.94. The van der Waals surface area contributed by atoms with Gasteiger partial charge in [0.1, 0.15) is 5.60 Å². The number of carbonyl (C=O) groups excluding carboxylic acids is 1. The van der Waals surface area contributed by atoms with Gasteiger partial charge in [-0.25, -0.2) is 4.79 Å². The molecule has 1 aliphatic carbocycles. The Hall–Kier alpha value is -1.55. The van der Waals surface area contributed by atoms with Crippen LogP contribution in [0.3, 0.4) is 0 Å². The van der Waals surface area contributed by atoms with Gasteiger partial charge in [0.15, 0.2) is 0 Å². The van der Waals surface area contributed by atoms with Crippen LogP contribution in [0.1, 0.15) is 65.5 Å². The molecule has 0 aliphatic heterocycles. The lowest BCUT2D eigenvalue weighted by Crippen LogP contribution is -2.45. The van der Waals surface area contributed by atoms with Gasteiger partial charge in [-0.15, -0.1) is 0 Å². The Morgan fingerprint density at radius 2 is 1.88 bits per heavy atom. The Morgan fingerprint density at radius 1 is 1.20 bits per heavy atom. The minimum absolute atomic E-state index is 0.0968. The molecule has 0 aromatic heterocycles. The monoisotopic (exact) mass is 346 g/mol. The molecule has 140 valence electrons. The van der Waals surface area contributed by atoms with Crippen molar-refractivity contribution in [3.63, 3.8) is 0 Å². The van der Waals surface area contributed by atoms with Gasteiger partial charge in [-0.3, -0.25) is 0 Å². The average molecular weight is 347 g/mol. The van der Waals surface area contributed by atoms with Crippen molar-refractivity contribution in [3.05, 3.63) is 35.9 Å². The van der Waals surface area contributed by atoms with Crippen LogP contribution in [0.4, 0.5) is 4.79 Å². The first-order valence-corrected chi connectivity index (χ1v) is 9.52. The molecule has 1 fully saturated rings. The molecule has 4 nitrogen and oxygen atoms in total. The van der Waals surface area contributed by atoms with Crippen molar-refractivity contribution < 1.29 is 9.53 Å².